The van der Waals surface area contributed by atoms with Crippen molar-refractivity contribution in [3.8, 4) is 5.75 Å². The van der Waals surface area contributed by atoms with E-state index in [1.807, 2.05) is 52.0 Å². The van der Waals surface area contributed by atoms with Gasteiger partial charge in [0.2, 0.25) is 5.95 Å². The summed E-state index contributed by atoms with van der Waals surface area (Å²) in [5.41, 5.74) is 0.832. The summed E-state index contributed by atoms with van der Waals surface area (Å²) in [5, 5.41) is 14.4. The Kier molecular flexibility index (Phi) is 4.84. The molecule has 33 heavy (non-hydrogen) atoms. The number of aromatic amines is 1. The summed E-state index contributed by atoms with van der Waals surface area (Å²) in [6.45, 7) is 8.91. The third-order valence-corrected chi connectivity index (χ3v) is 6.03. The normalized spacial score (nSPS) is 21.6. The maximum absolute atomic E-state index is 12.4. The fourth-order valence-corrected chi connectivity index (χ4v) is 4.46. The Balaban J connectivity index is 1.44. The predicted molar refractivity (Wildman–Crippen MR) is 125 cm³/mol. The number of fused-ring (bicyclic) bond motifs is 2. The molecule has 1 saturated carbocycles. The first-order valence-corrected chi connectivity index (χ1v) is 11.1. The van der Waals surface area contributed by atoms with E-state index in [1.54, 1.807) is 7.11 Å². The average Bonchev–Trinajstić information content (AvgIpc) is 3.03. The number of carbonyl (C=O) groups is 1. The van der Waals surface area contributed by atoms with Crippen molar-refractivity contribution >= 4 is 34.6 Å². The number of anilines is 3. The SMILES string of the molecule is COc1cccc2c(Nc3cc(C)[nH]n3)nc(N3C[C@H]4C[C@]4(NC(=O)OC(C)(C)C)C3)nc12. The first kappa shape index (κ1) is 21.3. The minimum atomic E-state index is -0.535. The molecule has 0 unspecified atom stereocenters. The number of nitrogens with zero attached hydrogens (tertiary/aromatic N) is 4. The Morgan fingerprint density at radius 3 is 2.82 bits per heavy atom. The summed E-state index contributed by atoms with van der Waals surface area (Å²) in [6, 6.07) is 7.67. The number of hydrogen-bond acceptors (Lipinski definition) is 8. The Morgan fingerprint density at radius 1 is 1.30 bits per heavy atom. The van der Waals surface area contributed by atoms with E-state index in [0.717, 1.165) is 29.6 Å². The number of aromatic nitrogens is 4. The second-order valence-electron chi connectivity index (χ2n) is 9.85. The topological polar surface area (TPSA) is 117 Å². The van der Waals surface area contributed by atoms with Crippen molar-refractivity contribution in [3.63, 3.8) is 0 Å². The van der Waals surface area contributed by atoms with Gasteiger partial charge in [-0.15, -0.1) is 0 Å². The van der Waals surface area contributed by atoms with Crippen molar-refractivity contribution in [3.05, 3.63) is 30.0 Å². The van der Waals surface area contributed by atoms with E-state index in [1.165, 1.54) is 0 Å². The highest BCUT2D eigenvalue weighted by Crippen LogP contribution is 2.50. The third-order valence-electron chi connectivity index (χ3n) is 6.03. The van der Waals surface area contributed by atoms with Crippen LogP contribution in [0.4, 0.5) is 22.4 Å². The highest BCUT2D eigenvalue weighted by Gasteiger charge is 2.62. The molecule has 3 heterocycles. The smallest absolute Gasteiger partial charge is 0.408 e. The average molecular weight is 452 g/mol. The molecule has 1 aliphatic carbocycles. The van der Waals surface area contributed by atoms with E-state index in [9.17, 15) is 4.79 Å². The molecule has 10 heteroatoms. The van der Waals surface area contributed by atoms with Gasteiger partial charge in [0.25, 0.3) is 0 Å². The minimum absolute atomic E-state index is 0.297. The van der Waals surface area contributed by atoms with Gasteiger partial charge in [-0.25, -0.2) is 9.78 Å². The monoisotopic (exact) mass is 451 g/mol. The first-order chi connectivity index (χ1) is 15.7. The molecule has 3 aromatic rings. The fraction of sp³-hybridized carbons (Fsp3) is 0.478. The molecule has 1 aliphatic heterocycles. The number of benzene rings is 1. The van der Waals surface area contributed by atoms with E-state index in [-0.39, 0.29) is 11.6 Å². The number of para-hydroxylation sites is 1. The summed E-state index contributed by atoms with van der Waals surface area (Å²) in [7, 11) is 1.63. The molecule has 3 N–H and O–H groups in total. The van der Waals surface area contributed by atoms with Gasteiger partial charge < -0.3 is 25.0 Å². The second-order valence-corrected chi connectivity index (χ2v) is 9.85. The quantitative estimate of drug-likeness (QED) is 0.539. The van der Waals surface area contributed by atoms with Crippen LogP contribution in [-0.2, 0) is 4.74 Å². The molecule has 10 nitrogen and oxygen atoms in total. The fourth-order valence-electron chi connectivity index (χ4n) is 4.46. The molecule has 174 valence electrons. The predicted octanol–water partition coefficient (Wildman–Crippen LogP) is 3.52. The molecular weight excluding hydrogens is 422 g/mol. The van der Waals surface area contributed by atoms with Gasteiger partial charge in [-0.3, -0.25) is 5.10 Å². The van der Waals surface area contributed by atoms with E-state index >= 15 is 0 Å². The number of methoxy groups -OCH3 is 1. The number of aryl methyl sites for hydroxylation is 1. The summed E-state index contributed by atoms with van der Waals surface area (Å²) < 4.78 is 11.0. The van der Waals surface area contributed by atoms with E-state index < -0.39 is 5.60 Å². The van der Waals surface area contributed by atoms with Crippen molar-refractivity contribution in [1.29, 1.82) is 0 Å². The van der Waals surface area contributed by atoms with E-state index in [2.05, 4.69) is 25.7 Å². The second kappa shape index (κ2) is 7.50. The Morgan fingerprint density at radius 2 is 2.12 bits per heavy atom. The van der Waals surface area contributed by atoms with Crippen molar-refractivity contribution in [1.82, 2.24) is 25.5 Å². The van der Waals surface area contributed by atoms with Gasteiger partial charge in [-0.1, -0.05) is 6.07 Å². The Bertz CT molecular complexity index is 1220. The zero-order valence-electron chi connectivity index (χ0n) is 19.5. The van der Waals surface area contributed by atoms with Gasteiger partial charge in [0, 0.05) is 36.2 Å². The Labute approximate surface area is 192 Å². The van der Waals surface area contributed by atoms with Crippen LogP contribution in [0.25, 0.3) is 10.9 Å². The molecule has 1 aromatic carbocycles. The van der Waals surface area contributed by atoms with Crippen molar-refractivity contribution in [2.75, 3.05) is 30.4 Å². The van der Waals surface area contributed by atoms with E-state index in [0.29, 0.717) is 35.8 Å². The van der Waals surface area contributed by atoms with Gasteiger partial charge in [0.1, 0.15) is 22.7 Å². The lowest BCUT2D eigenvalue weighted by Gasteiger charge is -2.25. The van der Waals surface area contributed by atoms with Gasteiger partial charge in [0.05, 0.1) is 12.6 Å². The van der Waals surface area contributed by atoms with Crippen LogP contribution in [-0.4, -0.2) is 57.6 Å². The molecule has 2 aromatic heterocycles. The van der Waals surface area contributed by atoms with Crippen molar-refractivity contribution in [2.45, 2.75) is 45.3 Å². The number of alkyl carbamates (subject to hydrolysis) is 1. The molecule has 0 bridgehead atoms. The zero-order valence-corrected chi connectivity index (χ0v) is 19.5. The van der Waals surface area contributed by atoms with Crippen LogP contribution in [0.5, 0.6) is 5.75 Å². The van der Waals surface area contributed by atoms with Crippen LogP contribution < -0.4 is 20.3 Å². The van der Waals surface area contributed by atoms with Crippen LogP contribution in [0.15, 0.2) is 24.3 Å². The zero-order chi connectivity index (χ0) is 23.4. The number of H-pyrrole nitrogens is 1. The molecule has 0 spiro atoms. The molecule has 2 atom stereocenters. The van der Waals surface area contributed by atoms with Crippen LogP contribution in [0.3, 0.4) is 0 Å². The van der Waals surface area contributed by atoms with Crippen LogP contribution in [0.1, 0.15) is 32.9 Å². The number of nitrogens with one attached hydrogen (secondary N) is 3. The third kappa shape index (κ3) is 4.12. The number of piperidine rings is 1. The van der Waals surface area contributed by atoms with Crippen LogP contribution >= 0.6 is 0 Å². The summed E-state index contributed by atoms with van der Waals surface area (Å²) in [5.74, 6) is 2.92. The molecule has 1 amide bonds. The molecular formula is C23H29N7O3. The number of rotatable bonds is 5. The largest absolute Gasteiger partial charge is 0.494 e. The molecule has 2 aliphatic rings. The summed E-state index contributed by atoms with van der Waals surface area (Å²) in [4.78, 5) is 24.2. The Hall–Kier alpha value is -3.56. The van der Waals surface area contributed by atoms with Gasteiger partial charge in [-0.05, 0) is 46.2 Å². The number of hydrogen-bond donors (Lipinski definition) is 3. The lowest BCUT2D eigenvalue weighted by atomic mass is 10.2. The minimum Gasteiger partial charge on any atom is -0.494 e. The lowest BCUT2D eigenvalue weighted by molar-refractivity contribution is 0.0498. The number of carbonyl (C=O) groups excluding carboxylic acids is 1. The molecule has 1 saturated heterocycles. The van der Waals surface area contributed by atoms with Crippen molar-refractivity contribution < 1.29 is 14.3 Å². The summed E-state index contributed by atoms with van der Waals surface area (Å²) >= 11 is 0. The lowest BCUT2D eigenvalue weighted by Crippen LogP contribution is -2.44. The first-order valence-electron chi connectivity index (χ1n) is 11.1. The maximum Gasteiger partial charge on any atom is 0.408 e. The van der Waals surface area contributed by atoms with Crippen molar-refractivity contribution in [2.24, 2.45) is 5.92 Å². The van der Waals surface area contributed by atoms with Crippen LogP contribution in [0.2, 0.25) is 0 Å². The summed E-state index contributed by atoms with van der Waals surface area (Å²) in [6.07, 6.45) is 0.543. The molecule has 2 fully saturated rings. The van der Waals surface area contributed by atoms with Gasteiger partial charge >= 0.3 is 6.09 Å². The number of ether oxygens (including phenoxy) is 2. The maximum atomic E-state index is 12.4. The molecule has 0 radical (unpaired) electrons. The highest BCUT2D eigenvalue weighted by molar-refractivity contribution is 5.95. The number of amides is 1. The molecule has 5 rings (SSSR count). The van der Waals surface area contributed by atoms with Gasteiger partial charge in [-0.2, -0.15) is 10.1 Å². The van der Waals surface area contributed by atoms with Gasteiger partial charge in [0.15, 0.2) is 5.82 Å². The highest BCUT2D eigenvalue weighted by atomic mass is 16.6. The van der Waals surface area contributed by atoms with Crippen LogP contribution in [0, 0.1) is 12.8 Å². The van der Waals surface area contributed by atoms with E-state index in [4.69, 9.17) is 19.4 Å². The standard InChI is InChI=1S/C23H29N7O3/c1-13-9-17(29-28-13)24-19-15-7-6-8-16(32-5)18(15)25-20(26-19)30-11-14-10-23(14,12-30)27-21(31)33-22(2,3)4/h6-9,14H,10-12H2,1-5H3,(H,27,31)(H2,24,25,26,28,29)/t14-,23+/m1/s1.